The van der Waals surface area contributed by atoms with Gasteiger partial charge in [-0.15, -0.1) is 0 Å². The number of benzene rings is 2. The number of halogens is 3. The molecule has 0 radical (unpaired) electrons. The first-order chi connectivity index (χ1) is 15.6. The topological polar surface area (TPSA) is 61.9 Å². The Morgan fingerprint density at radius 2 is 1.48 bits per heavy atom. The van der Waals surface area contributed by atoms with E-state index in [-0.39, 0.29) is 30.1 Å². The molecule has 2 aromatic carbocycles. The highest BCUT2D eigenvalue weighted by Crippen LogP contribution is 2.42. The SMILES string of the molecule is Cc1c(Cl)c(C)c(Cl)c(OCC(=O)Nc2ccc(N3CCN(C(=O)C(C)C)CC3)cc2)c1Cl. The highest BCUT2D eigenvalue weighted by atomic mass is 35.5. The van der Waals surface area contributed by atoms with Crippen molar-refractivity contribution in [3.8, 4) is 5.75 Å². The third kappa shape index (κ3) is 5.86. The van der Waals surface area contributed by atoms with Crippen molar-refractivity contribution in [3.05, 3.63) is 50.5 Å². The molecule has 0 saturated carbocycles. The number of nitrogens with zero attached hydrogens (tertiary/aromatic N) is 2. The zero-order chi connectivity index (χ0) is 24.3. The Kier molecular flexibility index (Phi) is 8.38. The molecule has 0 spiro atoms. The van der Waals surface area contributed by atoms with E-state index >= 15 is 0 Å². The van der Waals surface area contributed by atoms with Gasteiger partial charge in [0.15, 0.2) is 12.4 Å². The molecule has 1 saturated heterocycles. The first kappa shape index (κ1) is 25.5. The van der Waals surface area contributed by atoms with Gasteiger partial charge in [-0.25, -0.2) is 0 Å². The summed E-state index contributed by atoms with van der Waals surface area (Å²) in [6.45, 7) is 10.1. The third-order valence-corrected chi connectivity index (χ3v) is 7.14. The number of hydrogen-bond donors (Lipinski definition) is 1. The van der Waals surface area contributed by atoms with E-state index in [0.717, 1.165) is 18.8 Å². The maximum Gasteiger partial charge on any atom is 0.262 e. The van der Waals surface area contributed by atoms with Crippen molar-refractivity contribution in [3.63, 3.8) is 0 Å². The van der Waals surface area contributed by atoms with Gasteiger partial charge in [0.1, 0.15) is 0 Å². The van der Waals surface area contributed by atoms with E-state index in [2.05, 4.69) is 10.2 Å². The molecule has 2 amide bonds. The van der Waals surface area contributed by atoms with Gasteiger partial charge < -0.3 is 19.9 Å². The normalized spacial score (nSPS) is 13.9. The Morgan fingerprint density at radius 1 is 0.939 bits per heavy atom. The lowest BCUT2D eigenvalue weighted by molar-refractivity contribution is -0.134. The fourth-order valence-electron chi connectivity index (χ4n) is 3.68. The van der Waals surface area contributed by atoms with Gasteiger partial charge in [0, 0.05) is 48.5 Å². The standard InChI is InChI=1S/C24H28Cl3N3O3/c1-14(2)24(32)30-11-9-29(10-12-30)18-7-5-17(6-8-18)28-19(31)13-33-23-21(26)15(3)20(25)16(4)22(23)27/h5-8,14H,9-13H2,1-4H3,(H,28,31). The van der Waals surface area contributed by atoms with Gasteiger partial charge in [0.05, 0.1) is 10.0 Å². The quantitative estimate of drug-likeness (QED) is 0.548. The molecule has 1 aliphatic heterocycles. The predicted molar refractivity (Wildman–Crippen MR) is 135 cm³/mol. The lowest BCUT2D eigenvalue weighted by Crippen LogP contribution is -2.49. The summed E-state index contributed by atoms with van der Waals surface area (Å²) in [6.07, 6.45) is 0. The second kappa shape index (κ2) is 10.9. The van der Waals surface area contributed by atoms with E-state index in [1.165, 1.54) is 0 Å². The maximum absolute atomic E-state index is 12.4. The third-order valence-electron chi connectivity index (χ3n) is 5.66. The van der Waals surface area contributed by atoms with E-state index in [9.17, 15) is 9.59 Å². The Hall–Kier alpha value is -2.15. The fraction of sp³-hybridized carbons (Fsp3) is 0.417. The molecule has 0 aliphatic carbocycles. The largest absolute Gasteiger partial charge is 0.481 e. The molecule has 0 aromatic heterocycles. The van der Waals surface area contributed by atoms with Crippen molar-refractivity contribution in [2.24, 2.45) is 5.92 Å². The molecule has 1 fully saturated rings. The highest BCUT2D eigenvalue weighted by Gasteiger charge is 2.23. The molecule has 1 heterocycles. The van der Waals surface area contributed by atoms with Crippen LogP contribution in [0.15, 0.2) is 24.3 Å². The number of anilines is 2. The first-order valence-electron chi connectivity index (χ1n) is 10.8. The lowest BCUT2D eigenvalue weighted by Gasteiger charge is -2.37. The summed E-state index contributed by atoms with van der Waals surface area (Å²) in [5, 5.41) is 3.88. The molecule has 0 unspecified atom stereocenters. The van der Waals surface area contributed by atoms with Gasteiger partial charge in [-0.2, -0.15) is 0 Å². The molecule has 2 aromatic rings. The summed E-state index contributed by atoms with van der Waals surface area (Å²) in [6, 6.07) is 7.59. The number of piperazine rings is 1. The Labute approximate surface area is 209 Å². The van der Waals surface area contributed by atoms with Gasteiger partial charge in [-0.3, -0.25) is 9.59 Å². The molecule has 1 N–H and O–H groups in total. The Bertz CT molecular complexity index is 1000. The summed E-state index contributed by atoms with van der Waals surface area (Å²) >= 11 is 18.8. The van der Waals surface area contributed by atoms with E-state index in [0.29, 0.717) is 45.0 Å². The van der Waals surface area contributed by atoms with Crippen LogP contribution >= 0.6 is 34.8 Å². The van der Waals surface area contributed by atoms with Crippen LogP contribution in [-0.2, 0) is 9.59 Å². The van der Waals surface area contributed by atoms with Crippen molar-refractivity contribution in [1.82, 2.24) is 4.90 Å². The van der Waals surface area contributed by atoms with Gasteiger partial charge in [-0.05, 0) is 49.2 Å². The summed E-state index contributed by atoms with van der Waals surface area (Å²) in [5.41, 5.74) is 3.01. The minimum Gasteiger partial charge on any atom is -0.481 e. The van der Waals surface area contributed by atoms with Crippen molar-refractivity contribution >= 4 is 58.0 Å². The van der Waals surface area contributed by atoms with E-state index in [4.69, 9.17) is 39.5 Å². The minimum absolute atomic E-state index is 0.0169. The Balaban J connectivity index is 1.55. The van der Waals surface area contributed by atoms with Crippen LogP contribution in [0.25, 0.3) is 0 Å². The summed E-state index contributed by atoms with van der Waals surface area (Å²) < 4.78 is 5.61. The number of carbonyl (C=O) groups is 2. The summed E-state index contributed by atoms with van der Waals surface area (Å²) in [7, 11) is 0. The van der Waals surface area contributed by atoms with Crippen LogP contribution in [0.3, 0.4) is 0 Å². The van der Waals surface area contributed by atoms with Crippen LogP contribution in [0.5, 0.6) is 5.75 Å². The highest BCUT2D eigenvalue weighted by molar-refractivity contribution is 6.42. The van der Waals surface area contributed by atoms with Crippen LogP contribution in [0.2, 0.25) is 15.1 Å². The fourth-order valence-corrected chi connectivity index (χ4v) is 4.50. The molecule has 6 nitrogen and oxygen atoms in total. The van der Waals surface area contributed by atoms with Crippen molar-refractivity contribution in [1.29, 1.82) is 0 Å². The van der Waals surface area contributed by atoms with Crippen LogP contribution < -0.4 is 15.0 Å². The zero-order valence-electron chi connectivity index (χ0n) is 19.2. The number of ether oxygens (including phenoxy) is 1. The molecule has 33 heavy (non-hydrogen) atoms. The molecule has 9 heteroatoms. The number of rotatable bonds is 6. The van der Waals surface area contributed by atoms with Gasteiger partial charge in [-0.1, -0.05) is 48.7 Å². The predicted octanol–water partition coefficient (Wildman–Crippen LogP) is 5.59. The smallest absolute Gasteiger partial charge is 0.262 e. The van der Waals surface area contributed by atoms with E-state index < -0.39 is 0 Å². The van der Waals surface area contributed by atoms with Crippen LogP contribution in [0.1, 0.15) is 25.0 Å². The van der Waals surface area contributed by atoms with Gasteiger partial charge in [0.25, 0.3) is 5.91 Å². The average Bonchev–Trinajstić information content (AvgIpc) is 2.81. The molecule has 178 valence electrons. The summed E-state index contributed by atoms with van der Waals surface area (Å²) in [4.78, 5) is 28.7. The average molecular weight is 513 g/mol. The number of nitrogens with one attached hydrogen (secondary N) is 1. The minimum atomic E-state index is -0.332. The van der Waals surface area contributed by atoms with Crippen LogP contribution in [0, 0.1) is 19.8 Å². The molecule has 0 bridgehead atoms. The molecule has 1 aliphatic rings. The number of amides is 2. The maximum atomic E-state index is 12.4. The van der Waals surface area contributed by atoms with E-state index in [1.54, 1.807) is 13.8 Å². The van der Waals surface area contributed by atoms with Crippen molar-refractivity contribution in [2.45, 2.75) is 27.7 Å². The van der Waals surface area contributed by atoms with Crippen LogP contribution in [0.4, 0.5) is 11.4 Å². The lowest BCUT2D eigenvalue weighted by atomic mass is 10.1. The molecule has 3 rings (SSSR count). The molecular weight excluding hydrogens is 485 g/mol. The zero-order valence-corrected chi connectivity index (χ0v) is 21.4. The van der Waals surface area contributed by atoms with E-state index in [1.807, 2.05) is 43.0 Å². The molecular formula is C24H28Cl3N3O3. The van der Waals surface area contributed by atoms with Crippen molar-refractivity contribution < 1.29 is 14.3 Å². The summed E-state index contributed by atoms with van der Waals surface area (Å²) in [5.74, 6) is 0.129. The Morgan fingerprint density at radius 3 is 2.00 bits per heavy atom. The van der Waals surface area contributed by atoms with Crippen LogP contribution in [-0.4, -0.2) is 49.5 Å². The van der Waals surface area contributed by atoms with Gasteiger partial charge >= 0.3 is 0 Å². The van der Waals surface area contributed by atoms with Crippen molar-refractivity contribution in [2.75, 3.05) is 43.0 Å². The number of hydrogen-bond acceptors (Lipinski definition) is 4. The molecule has 0 atom stereocenters. The monoisotopic (exact) mass is 511 g/mol. The second-order valence-corrected chi connectivity index (χ2v) is 9.51. The first-order valence-corrected chi connectivity index (χ1v) is 11.9. The second-order valence-electron chi connectivity index (χ2n) is 8.37. The van der Waals surface area contributed by atoms with Gasteiger partial charge in [0.2, 0.25) is 5.91 Å². The number of carbonyl (C=O) groups excluding carboxylic acids is 2.